The van der Waals surface area contributed by atoms with Gasteiger partial charge < -0.3 is 0 Å². The summed E-state index contributed by atoms with van der Waals surface area (Å²) < 4.78 is 67.3. The first kappa shape index (κ1) is 23.0. The maximum atomic E-state index is 13.4. The van der Waals surface area contributed by atoms with Crippen molar-refractivity contribution in [3.8, 4) is 0 Å². The van der Waals surface area contributed by atoms with Crippen molar-refractivity contribution in [2.24, 2.45) is 0 Å². The van der Waals surface area contributed by atoms with Gasteiger partial charge in [-0.1, -0.05) is 17.7 Å². The Balaban J connectivity index is 2.27. The first-order chi connectivity index (χ1) is 13.8. The fourth-order valence-electron chi connectivity index (χ4n) is 3.01. The Morgan fingerprint density at radius 3 is 2.40 bits per heavy atom. The van der Waals surface area contributed by atoms with Crippen LogP contribution in [0.15, 0.2) is 52.3 Å². The van der Waals surface area contributed by atoms with Gasteiger partial charge in [0, 0.05) is 21.0 Å². The molecule has 0 fully saturated rings. The molecule has 0 saturated carbocycles. The van der Waals surface area contributed by atoms with Gasteiger partial charge in [-0.05, 0) is 64.3 Å². The Hall–Kier alpha value is -1.68. The maximum Gasteiger partial charge on any atom is 0.416 e. The molecule has 0 aliphatic carbocycles. The molecule has 0 N–H and O–H groups in total. The summed E-state index contributed by atoms with van der Waals surface area (Å²) in [6.07, 6.45) is -4.64. The van der Waals surface area contributed by atoms with Crippen LogP contribution in [0, 0.1) is 6.92 Å². The van der Waals surface area contributed by atoms with Crippen LogP contribution in [0.4, 0.5) is 13.2 Å². The molecule has 0 aliphatic rings. The van der Waals surface area contributed by atoms with Crippen molar-refractivity contribution in [3.05, 3.63) is 58.7 Å². The fourth-order valence-corrected chi connectivity index (χ4v) is 5.95. The second-order valence-electron chi connectivity index (χ2n) is 7.05. The smallest absolute Gasteiger partial charge is 0.298 e. The van der Waals surface area contributed by atoms with E-state index in [2.05, 4.69) is 0 Å². The summed E-state index contributed by atoms with van der Waals surface area (Å²) in [7, 11) is -0.478. The summed E-state index contributed by atoms with van der Waals surface area (Å²) >= 11 is 7.61. The minimum Gasteiger partial charge on any atom is -0.298 e. The number of aromatic nitrogens is 1. The first-order valence-electron chi connectivity index (χ1n) is 8.90. The van der Waals surface area contributed by atoms with Gasteiger partial charge in [-0.2, -0.15) is 13.2 Å². The van der Waals surface area contributed by atoms with Crippen LogP contribution >= 0.6 is 23.4 Å². The number of hydrogen-bond donors (Lipinski definition) is 0. The lowest BCUT2D eigenvalue weighted by Crippen LogP contribution is -2.21. The van der Waals surface area contributed by atoms with E-state index < -0.39 is 26.7 Å². The van der Waals surface area contributed by atoms with Crippen LogP contribution in [0.2, 0.25) is 5.02 Å². The molecule has 0 radical (unpaired) electrons. The molecular weight excluding hydrogens is 457 g/mol. The number of nitrogens with zero attached hydrogens (tertiary/aromatic N) is 2. The van der Waals surface area contributed by atoms with Gasteiger partial charge in [-0.25, -0.2) is 12.4 Å². The van der Waals surface area contributed by atoms with Crippen molar-refractivity contribution in [2.45, 2.75) is 35.2 Å². The first-order valence-corrected chi connectivity index (χ1v) is 11.6. The zero-order valence-corrected chi connectivity index (χ0v) is 19.0. The monoisotopic (exact) mass is 476 g/mol. The molecule has 0 amide bonds. The zero-order chi connectivity index (χ0) is 22.4. The maximum absolute atomic E-state index is 13.4. The average Bonchev–Trinajstić information content (AvgIpc) is 2.92. The fraction of sp³-hybridized carbons (Fsp3) is 0.300. The van der Waals surface area contributed by atoms with Crippen LogP contribution in [0.5, 0.6) is 0 Å². The van der Waals surface area contributed by atoms with E-state index in [4.69, 9.17) is 11.6 Å². The summed E-state index contributed by atoms with van der Waals surface area (Å²) in [4.78, 5) is 2.26. The third-order valence-electron chi connectivity index (χ3n) is 4.77. The summed E-state index contributed by atoms with van der Waals surface area (Å²) in [5, 5.41) is 1.10. The molecule has 0 bridgehead atoms. The number of rotatable bonds is 5. The van der Waals surface area contributed by atoms with Gasteiger partial charge in [-0.15, -0.1) is 11.8 Å². The second-order valence-corrected chi connectivity index (χ2v) is 10.6. The normalized spacial score (nSPS) is 13.9. The number of thioether (sulfide) groups is 1. The van der Waals surface area contributed by atoms with Crippen LogP contribution in [0.25, 0.3) is 10.9 Å². The van der Waals surface area contributed by atoms with Crippen molar-refractivity contribution in [1.82, 2.24) is 8.87 Å². The van der Waals surface area contributed by atoms with Crippen LogP contribution in [-0.4, -0.2) is 36.8 Å². The molecule has 1 atom stereocenters. The van der Waals surface area contributed by atoms with Gasteiger partial charge in [0.25, 0.3) is 10.0 Å². The molecule has 3 aromatic rings. The van der Waals surface area contributed by atoms with E-state index in [1.807, 2.05) is 25.9 Å². The molecular formula is C20H20ClF3N2O2S2. The predicted molar refractivity (Wildman–Crippen MR) is 115 cm³/mol. The molecule has 3 rings (SSSR count). The van der Waals surface area contributed by atoms with Crippen LogP contribution in [0.3, 0.4) is 0 Å². The Labute approximate surface area is 182 Å². The Morgan fingerprint density at radius 2 is 1.80 bits per heavy atom. The van der Waals surface area contributed by atoms with Gasteiger partial charge in [0.2, 0.25) is 0 Å². The van der Waals surface area contributed by atoms with Gasteiger partial charge in [-0.3, -0.25) is 4.90 Å². The number of alkyl halides is 3. The highest BCUT2D eigenvalue weighted by atomic mass is 35.5. The molecule has 30 heavy (non-hydrogen) atoms. The molecule has 2 aromatic carbocycles. The summed E-state index contributed by atoms with van der Waals surface area (Å²) in [6, 6.07) is 8.57. The molecule has 0 saturated heterocycles. The standard InChI is InChI=1S/C20H20ClF3N2O2S2/c1-12-19(29-13(2)25(3)4)17-11-15(21)8-9-18(17)26(12)30(27,28)16-7-5-6-14(10-16)20(22,23)24/h5-11,13H,1-4H3. The summed E-state index contributed by atoms with van der Waals surface area (Å²) in [6.45, 7) is 3.61. The van der Waals surface area contributed by atoms with E-state index in [-0.39, 0.29) is 5.37 Å². The highest BCUT2D eigenvalue weighted by Gasteiger charge is 2.33. The molecule has 0 aliphatic heterocycles. The van der Waals surface area contributed by atoms with Crippen molar-refractivity contribution >= 4 is 44.3 Å². The average molecular weight is 477 g/mol. The van der Waals surface area contributed by atoms with E-state index in [1.165, 1.54) is 17.8 Å². The third-order valence-corrected chi connectivity index (χ3v) is 8.32. The van der Waals surface area contributed by atoms with E-state index in [9.17, 15) is 21.6 Å². The summed E-state index contributed by atoms with van der Waals surface area (Å²) in [5.74, 6) is 0. The Kier molecular flexibility index (Phi) is 6.21. The van der Waals surface area contributed by atoms with Gasteiger partial charge in [0.15, 0.2) is 0 Å². The van der Waals surface area contributed by atoms with Crippen molar-refractivity contribution < 1.29 is 21.6 Å². The quantitative estimate of drug-likeness (QED) is 0.342. The zero-order valence-electron chi connectivity index (χ0n) is 16.7. The SMILES string of the molecule is Cc1c(SC(C)N(C)C)c2cc(Cl)ccc2n1S(=O)(=O)c1cccc(C(F)(F)F)c1. The molecule has 1 unspecified atom stereocenters. The molecule has 162 valence electrons. The van der Waals surface area contributed by atoms with Crippen molar-refractivity contribution in [2.75, 3.05) is 14.1 Å². The van der Waals surface area contributed by atoms with E-state index in [0.717, 1.165) is 16.1 Å². The lowest BCUT2D eigenvalue weighted by Gasteiger charge is -2.19. The largest absolute Gasteiger partial charge is 0.416 e. The molecule has 1 aromatic heterocycles. The van der Waals surface area contributed by atoms with Crippen molar-refractivity contribution in [1.29, 1.82) is 0 Å². The van der Waals surface area contributed by atoms with Gasteiger partial charge >= 0.3 is 6.18 Å². The van der Waals surface area contributed by atoms with Crippen LogP contribution in [0.1, 0.15) is 18.2 Å². The lowest BCUT2D eigenvalue weighted by atomic mass is 10.2. The number of benzene rings is 2. The van der Waals surface area contributed by atoms with Crippen LogP contribution in [-0.2, 0) is 16.2 Å². The minimum atomic E-state index is -4.64. The van der Waals surface area contributed by atoms with E-state index in [1.54, 1.807) is 25.1 Å². The molecule has 1 heterocycles. The van der Waals surface area contributed by atoms with Crippen molar-refractivity contribution in [3.63, 3.8) is 0 Å². The molecule has 10 heteroatoms. The number of hydrogen-bond acceptors (Lipinski definition) is 4. The number of fused-ring (bicyclic) bond motifs is 1. The highest BCUT2D eigenvalue weighted by Crippen LogP contribution is 2.40. The topological polar surface area (TPSA) is 42.3 Å². The number of halogens is 4. The van der Waals surface area contributed by atoms with Gasteiger partial charge in [0.05, 0.1) is 21.3 Å². The Bertz CT molecular complexity index is 1200. The van der Waals surface area contributed by atoms with E-state index in [0.29, 0.717) is 32.6 Å². The van der Waals surface area contributed by atoms with Crippen LogP contribution < -0.4 is 0 Å². The second kappa shape index (κ2) is 8.11. The summed E-state index contributed by atoms with van der Waals surface area (Å²) in [5.41, 5.74) is -0.234. The molecule has 0 spiro atoms. The lowest BCUT2D eigenvalue weighted by molar-refractivity contribution is -0.137. The highest BCUT2D eigenvalue weighted by molar-refractivity contribution is 8.00. The predicted octanol–water partition coefficient (Wildman–Crippen LogP) is 5.86. The third kappa shape index (κ3) is 4.21. The van der Waals surface area contributed by atoms with Gasteiger partial charge in [0.1, 0.15) is 0 Å². The Morgan fingerprint density at radius 1 is 1.13 bits per heavy atom. The molecule has 4 nitrogen and oxygen atoms in total. The minimum absolute atomic E-state index is 0.0259. The van der Waals surface area contributed by atoms with E-state index >= 15 is 0 Å².